The average molecular weight is 450 g/mol. The van der Waals surface area contributed by atoms with Gasteiger partial charge in [-0.15, -0.1) is 21.5 Å². The molecule has 0 aliphatic carbocycles. The summed E-state index contributed by atoms with van der Waals surface area (Å²) in [7, 11) is 1.94. The number of amides is 1. The second-order valence-corrected chi connectivity index (χ2v) is 8.98. The van der Waals surface area contributed by atoms with Crippen molar-refractivity contribution >= 4 is 34.1 Å². The monoisotopic (exact) mass is 449 g/mol. The van der Waals surface area contributed by atoms with E-state index in [9.17, 15) is 4.79 Å². The lowest BCUT2D eigenvalue weighted by Crippen LogP contribution is -2.14. The van der Waals surface area contributed by atoms with E-state index in [1.165, 1.54) is 34.2 Å². The first-order valence-corrected chi connectivity index (χ1v) is 11.8. The van der Waals surface area contributed by atoms with Gasteiger partial charge < -0.3 is 9.88 Å². The number of nitrogens with zero attached hydrogens (tertiary/aromatic N) is 4. The predicted molar refractivity (Wildman–Crippen MR) is 126 cm³/mol. The van der Waals surface area contributed by atoms with Crippen molar-refractivity contribution in [1.29, 1.82) is 0 Å². The molecule has 0 atom stereocenters. The van der Waals surface area contributed by atoms with Crippen LogP contribution in [0.3, 0.4) is 0 Å². The molecule has 0 spiro atoms. The summed E-state index contributed by atoms with van der Waals surface area (Å²) < 4.78 is 1.96. The molecule has 2 aromatic heterocycles. The summed E-state index contributed by atoms with van der Waals surface area (Å²) in [6.07, 6.45) is 1.71. The van der Waals surface area contributed by atoms with Crippen LogP contribution in [0.25, 0.3) is 11.3 Å². The van der Waals surface area contributed by atoms with Crippen LogP contribution in [0.2, 0.25) is 0 Å². The van der Waals surface area contributed by atoms with Crippen molar-refractivity contribution in [3.8, 4) is 11.3 Å². The molecular formula is C23H23N5OS2. The minimum Gasteiger partial charge on any atom is -0.309 e. The second-order valence-electron chi connectivity index (χ2n) is 7.18. The quantitative estimate of drug-likeness (QED) is 0.393. The van der Waals surface area contributed by atoms with Crippen LogP contribution in [-0.2, 0) is 24.7 Å². The van der Waals surface area contributed by atoms with Gasteiger partial charge in [0.25, 0.3) is 0 Å². The molecule has 0 fully saturated rings. The molecular weight excluding hydrogens is 426 g/mol. The third-order valence-corrected chi connectivity index (χ3v) is 6.61. The zero-order chi connectivity index (χ0) is 21.6. The van der Waals surface area contributed by atoms with Crippen molar-refractivity contribution in [1.82, 2.24) is 19.7 Å². The average Bonchev–Trinajstić information content (AvgIpc) is 3.38. The maximum absolute atomic E-state index is 12.4. The Labute approximate surface area is 189 Å². The van der Waals surface area contributed by atoms with Gasteiger partial charge in [0, 0.05) is 24.4 Å². The Morgan fingerprint density at radius 3 is 2.61 bits per heavy atom. The van der Waals surface area contributed by atoms with Crippen molar-refractivity contribution in [3.05, 3.63) is 76.9 Å². The van der Waals surface area contributed by atoms with Crippen LogP contribution in [0.1, 0.15) is 17.0 Å². The number of anilines is 1. The summed E-state index contributed by atoms with van der Waals surface area (Å²) in [4.78, 5) is 16.9. The summed E-state index contributed by atoms with van der Waals surface area (Å²) in [6, 6.07) is 18.5. The molecule has 0 radical (unpaired) electrons. The van der Waals surface area contributed by atoms with E-state index < -0.39 is 0 Å². The zero-order valence-electron chi connectivity index (χ0n) is 17.4. The third-order valence-electron chi connectivity index (χ3n) is 4.84. The van der Waals surface area contributed by atoms with E-state index >= 15 is 0 Å². The van der Waals surface area contributed by atoms with Crippen LogP contribution in [0.4, 0.5) is 5.13 Å². The zero-order valence-corrected chi connectivity index (χ0v) is 19.0. The fourth-order valence-corrected chi connectivity index (χ4v) is 4.53. The molecule has 1 N–H and O–H groups in total. The number of carbonyl (C=O) groups excluding carboxylic acids is 1. The highest BCUT2D eigenvalue weighted by Gasteiger charge is 2.13. The summed E-state index contributed by atoms with van der Waals surface area (Å²) in [5, 5.41) is 14.7. The molecule has 4 rings (SSSR count). The molecule has 2 aromatic carbocycles. The molecule has 1 amide bonds. The largest absolute Gasteiger partial charge is 0.309 e. The lowest BCUT2D eigenvalue weighted by atomic mass is 10.1. The first-order chi connectivity index (χ1) is 15.1. The molecule has 0 aliphatic heterocycles. The van der Waals surface area contributed by atoms with Gasteiger partial charge >= 0.3 is 0 Å². The van der Waals surface area contributed by atoms with Crippen LogP contribution in [0, 0.1) is 6.92 Å². The number of thiazole rings is 1. The minimum atomic E-state index is -0.108. The lowest BCUT2D eigenvalue weighted by Gasteiger charge is -2.04. The Kier molecular flexibility index (Phi) is 6.79. The number of rotatable bonds is 8. The second kappa shape index (κ2) is 9.89. The summed E-state index contributed by atoms with van der Waals surface area (Å²) >= 11 is 2.80. The fourth-order valence-electron chi connectivity index (χ4n) is 3.06. The molecule has 2 heterocycles. The van der Waals surface area contributed by atoms with Gasteiger partial charge in [-0.05, 0) is 18.9 Å². The van der Waals surface area contributed by atoms with Gasteiger partial charge in [0.2, 0.25) is 5.91 Å². The van der Waals surface area contributed by atoms with Crippen molar-refractivity contribution in [2.75, 3.05) is 11.1 Å². The number of nitrogens with one attached hydrogen (secondary N) is 1. The molecule has 8 heteroatoms. The first kappa shape index (κ1) is 21.3. The van der Waals surface area contributed by atoms with Crippen molar-refractivity contribution in [3.63, 3.8) is 0 Å². The summed E-state index contributed by atoms with van der Waals surface area (Å²) in [5.74, 6) is 1.06. The fraction of sp³-hybridized carbons (Fsp3) is 0.217. The number of aromatic nitrogens is 4. The molecule has 6 nitrogen and oxygen atoms in total. The van der Waals surface area contributed by atoms with Gasteiger partial charge in [-0.1, -0.05) is 71.9 Å². The highest BCUT2D eigenvalue weighted by molar-refractivity contribution is 7.99. The molecule has 0 bridgehead atoms. The van der Waals surface area contributed by atoms with E-state index in [-0.39, 0.29) is 11.7 Å². The number of aryl methyl sites for hydroxylation is 3. The molecule has 0 saturated carbocycles. The van der Waals surface area contributed by atoms with Crippen molar-refractivity contribution in [2.24, 2.45) is 7.05 Å². The topological polar surface area (TPSA) is 72.7 Å². The number of hydrogen-bond donors (Lipinski definition) is 1. The molecule has 0 unspecified atom stereocenters. The Hall–Kier alpha value is -2.97. The predicted octanol–water partition coefficient (Wildman–Crippen LogP) is 4.76. The summed E-state index contributed by atoms with van der Waals surface area (Å²) in [6.45, 7) is 2.05. The van der Waals surface area contributed by atoms with Gasteiger partial charge in [-0.2, -0.15) is 0 Å². The smallest absolute Gasteiger partial charge is 0.236 e. The SMILES string of the molecule is Cc1ccc(-c2csc(NC(=O)CSc3nnc(CCc4ccccc4)n3C)n2)cc1. The van der Waals surface area contributed by atoms with Crippen LogP contribution in [0.15, 0.2) is 65.1 Å². The van der Waals surface area contributed by atoms with Crippen molar-refractivity contribution in [2.45, 2.75) is 24.9 Å². The minimum absolute atomic E-state index is 0.108. The number of carbonyl (C=O) groups is 1. The molecule has 158 valence electrons. The van der Waals surface area contributed by atoms with E-state index in [1.807, 2.05) is 47.3 Å². The van der Waals surface area contributed by atoms with E-state index in [0.29, 0.717) is 5.13 Å². The Bertz CT molecular complexity index is 1150. The normalized spacial score (nSPS) is 10.9. The van der Waals surface area contributed by atoms with Gasteiger partial charge in [-0.25, -0.2) is 4.98 Å². The first-order valence-electron chi connectivity index (χ1n) is 9.96. The van der Waals surface area contributed by atoms with Gasteiger partial charge in [0.1, 0.15) is 5.82 Å². The van der Waals surface area contributed by atoms with Gasteiger partial charge in [-0.3, -0.25) is 4.79 Å². The number of thioether (sulfide) groups is 1. The Balaban J connectivity index is 1.29. The molecule has 0 aliphatic rings. The highest BCUT2D eigenvalue weighted by atomic mass is 32.2. The summed E-state index contributed by atoms with van der Waals surface area (Å²) in [5.41, 5.74) is 4.38. The maximum atomic E-state index is 12.4. The lowest BCUT2D eigenvalue weighted by molar-refractivity contribution is -0.113. The van der Waals surface area contributed by atoms with Crippen LogP contribution in [-0.4, -0.2) is 31.4 Å². The highest BCUT2D eigenvalue weighted by Crippen LogP contribution is 2.25. The maximum Gasteiger partial charge on any atom is 0.236 e. The molecule has 0 saturated heterocycles. The number of hydrogen-bond acceptors (Lipinski definition) is 6. The van der Waals surface area contributed by atoms with Crippen LogP contribution >= 0.6 is 23.1 Å². The van der Waals surface area contributed by atoms with E-state index in [4.69, 9.17) is 0 Å². The van der Waals surface area contributed by atoms with E-state index in [2.05, 4.69) is 51.7 Å². The Morgan fingerprint density at radius 1 is 1.06 bits per heavy atom. The van der Waals surface area contributed by atoms with E-state index in [1.54, 1.807) is 0 Å². The Morgan fingerprint density at radius 2 is 1.84 bits per heavy atom. The number of benzene rings is 2. The molecule has 31 heavy (non-hydrogen) atoms. The van der Waals surface area contributed by atoms with Gasteiger partial charge in [0.15, 0.2) is 10.3 Å². The van der Waals surface area contributed by atoms with Crippen molar-refractivity contribution < 1.29 is 4.79 Å². The molecule has 4 aromatic rings. The van der Waals surface area contributed by atoms with Gasteiger partial charge in [0.05, 0.1) is 11.4 Å². The third kappa shape index (κ3) is 5.59. The standard InChI is InChI=1S/C23H23N5OS2/c1-16-8-11-18(12-9-16)19-14-30-22(24-19)25-21(29)15-31-23-27-26-20(28(23)2)13-10-17-6-4-3-5-7-17/h3-9,11-12,14H,10,13,15H2,1-2H3,(H,24,25,29). The van der Waals surface area contributed by atoms with E-state index in [0.717, 1.165) is 35.1 Å². The van der Waals surface area contributed by atoms with Crippen LogP contribution < -0.4 is 5.32 Å². The van der Waals surface area contributed by atoms with Crippen LogP contribution in [0.5, 0.6) is 0 Å².